The van der Waals surface area contributed by atoms with E-state index < -0.39 is 8.09 Å². The monoisotopic (exact) mass is 188 g/mol. The first kappa shape index (κ1) is 8.43. The third kappa shape index (κ3) is 1.24. The van der Waals surface area contributed by atoms with Crippen LogP contribution in [-0.4, -0.2) is 37.6 Å². The van der Waals surface area contributed by atoms with Gasteiger partial charge in [-0.1, -0.05) is 10.6 Å². The highest BCUT2D eigenvalue weighted by Crippen LogP contribution is 2.70. The number of nitrogens with zero attached hydrogens (tertiary/aromatic N) is 1. The van der Waals surface area contributed by atoms with Gasteiger partial charge in [-0.2, -0.15) is 9.05 Å². The van der Waals surface area contributed by atoms with Crippen molar-refractivity contribution >= 4 is 8.09 Å². The molecule has 2 fully saturated rings. The molecule has 0 aromatic carbocycles. The van der Waals surface area contributed by atoms with Gasteiger partial charge in [0.1, 0.15) is 13.2 Å². The lowest BCUT2D eigenvalue weighted by Crippen LogP contribution is -2.16. The van der Waals surface area contributed by atoms with E-state index >= 15 is 0 Å². The standard InChI is InChI=1S/C7H11NO3P/c1-2-5-9-12-8(3-6-10-12)4-7-11-12/h1H,3-7H2/q+1. The molecule has 2 heterocycles. The van der Waals surface area contributed by atoms with Crippen molar-refractivity contribution in [1.82, 2.24) is 4.67 Å². The predicted molar refractivity (Wildman–Crippen MR) is 45.2 cm³/mol. The molecule has 0 aliphatic carbocycles. The second-order valence-electron chi connectivity index (χ2n) is 2.57. The third-order valence-electron chi connectivity index (χ3n) is 1.87. The highest BCUT2D eigenvalue weighted by atomic mass is 31.2. The summed E-state index contributed by atoms with van der Waals surface area (Å²) in [6, 6.07) is 0. The van der Waals surface area contributed by atoms with E-state index in [1.807, 2.05) is 0 Å². The number of fused-ring (bicyclic) bond motifs is 1. The number of hydrogen-bond acceptors (Lipinski definition) is 4. The van der Waals surface area contributed by atoms with E-state index in [0.717, 1.165) is 13.1 Å². The molecule has 0 radical (unpaired) electrons. The number of rotatable bonds is 2. The lowest BCUT2D eigenvalue weighted by molar-refractivity contribution is 0.185. The zero-order valence-electron chi connectivity index (χ0n) is 6.73. The average Bonchev–Trinajstić information content (AvgIpc) is 2.58. The highest BCUT2D eigenvalue weighted by Gasteiger charge is 2.61. The molecule has 0 aromatic rings. The number of terminal acetylenes is 1. The molecule has 0 atom stereocenters. The molecule has 4 nitrogen and oxygen atoms in total. The van der Waals surface area contributed by atoms with E-state index in [4.69, 9.17) is 20.0 Å². The molecule has 2 aliphatic rings. The van der Waals surface area contributed by atoms with Gasteiger partial charge in [0.2, 0.25) is 0 Å². The normalized spacial score (nSPS) is 26.9. The summed E-state index contributed by atoms with van der Waals surface area (Å²) in [5, 5.41) is 0. The van der Waals surface area contributed by atoms with Crippen molar-refractivity contribution in [3.8, 4) is 12.3 Å². The maximum absolute atomic E-state index is 5.46. The molecule has 0 bridgehead atoms. The van der Waals surface area contributed by atoms with Crippen LogP contribution in [0.15, 0.2) is 0 Å². The van der Waals surface area contributed by atoms with Crippen molar-refractivity contribution in [1.29, 1.82) is 0 Å². The molecule has 0 unspecified atom stereocenters. The number of hydrogen-bond donors (Lipinski definition) is 0. The van der Waals surface area contributed by atoms with Crippen molar-refractivity contribution in [3.05, 3.63) is 0 Å². The Kier molecular flexibility index (Phi) is 2.31. The average molecular weight is 188 g/mol. The predicted octanol–water partition coefficient (Wildman–Crippen LogP) is 0.676. The lowest BCUT2D eigenvalue weighted by atomic mass is 10.6. The van der Waals surface area contributed by atoms with Crippen molar-refractivity contribution in [2.24, 2.45) is 0 Å². The van der Waals surface area contributed by atoms with Crippen LogP contribution < -0.4 is 0 Å². The van der Waals surface area contributed by atoms with Crippen molar-refractivity contribution in [3.63, 3.8) is 0 Å². The minimum atomic E-state index is -2.13. The van der Waals surface area contributed by atoms with E-state index in [0.29, 0.717) is 13.2 Å². The smallest absolute Gasteiger partial charge is 0.161 e. The maximum atomic E-state index is 5.46. The summed E-state index contributed by atoms with van der Waals surface area (Å²) in [5.41, 5.74) is 0. The molecule has 2 aliphatic heterocycles. The van der Waals surface area contributed by atoms with E-state index in [1.165, 1.54) is 0 Å². The SMILES string of the molecule is C#CCO[P+]12OCCN1CCO2. The first-order chi connectivity index (χ1) is 5.87. The summed E-state index contributed by atoms with van der Waals surface area (Å²) in [4.78, 5) is 0. The fourth-order valence-electron chi connectivity index (χ4n) is 1.36. The molecule has 2 rings (SSSR count). The summed E-state index contributed by atoms with van der Waals surface area (Å²) < 4.78 is 18.5. The summed E-state index contributed by atoms with van der Waals surface area (Å²) in [5.74, 6) is 2.42. The summed E-state index contributed by atoms with van der Waals surface area (Å²) >= 11 is 0. The van der Waals surface area contributed by atoms with Crippen LogP contribution >= 0.6 is 8.09 Å². The van der Waals surface area contributed by atoms with E-state index in [2.05, 4.69) is 10.6 Å². The van der Waals surface area contributed by atoms with Gasteiger partial charge in [0.05, 0.1) is 13.1 Å². The van der Waals surface area contributed by atoms with Crippen LogP contribution in [0.1, 0.15) is 0 Å². The van der Waals surface area contributed by atoms with Gasteiger partial charge in [0, 0.05) is 0 Å². The summed E-state index contributed by atoms with van der Waals surface area (Å²) in [7, 11) is -2.13. The van der Waals surface area contributed by atoms with Gasteiger partial charge >= 0.3 is 8.09 Å². The Hall–Kier alpha value is -0.170. The second-order valence-corrected chi connectivity index (χ2v) is 4.84. The van der Waals surface area contributed by atoms with Crippen LogP contribution in [0.5, 0.6) is 0 Å². The van der Waals surface area contributed by atoms with E-state index in [9.17, 15) is 0 Å². The molecule has 0 amide bonds. The van der Waals surface area contributed by atoms with Gasteiger partial charge in [0.25, 0.3) is 0 Å². The van der Waals surface area contributed by atoms with Crippen molar-refractivity contribution in [2.75, 3.05) is 32.9 Å². The molecule has 5 heteroatoms. The first-order valence-corrected chi connectivity index (χ1v) is 5.38. The Morgan fingerprint density at radius 2 is 2.08 bits per heavy atom. The Labute approximate surface area is 72.4 Å². The van der Waals surface area contributed by atoms with Crippen molar-refractivity contribution in [2.45, 2.75) is 0 Å². The van der Waals surface area contributed by atoms with Crippen LogP contribution in [0.25, 0.3) is 0 Å². The van der Waals surface area contributed by atoms with Gasteiger partial charge in [-0.15, -0.1) is 10.9 Å². The van der Waals surface area contributed by atoms with Gasteiger partial charge in [-0.05, 0) is 0 Å². The summed E-state index contributed by atoms with van der Waals surface area (Å²) in [6.45, 7) is 3.46. The van der Waals surface area contributed by atoms with Gasteiger partial charge < -0.3 is 0 Å². The zero-order valence-corrected chi connectivity index (χ0v) is 7.63. The van der Waals surface area contributed by atoms with Gasteiger partial charge in [-0.3, -0.25) is 0 Å². The molecular formula is C7H11NO3P+. The van der Waals surface area contributed by atoms with Crippen LogP contribution in [0.2, 0.25) is 0 Å². The molecular weight excluding hydrogens is 177 g/mol. The Balaban J connectivity index is 2.02. The van der Waals surface area contributed by atoms with Crippen molar-refractivity contribution < 1.29 is 13.6 Å². The van der Waals surface area contributed by atoms with Crippen LogP contribution in [0.4, 0.5) is 0 Å². The van der Waals surface area contributed by atoms with Crippen LogP contribution in [-0.2, 0) is 13.6 Å². The quantitative estimate of drug-likeness (QED) is 0.471. The molecule has 0 aromatic heterocycles. The first-order valence-electron chi connectivity index (χ1n) is 3.89. The molecule has 12 heavy (non-hydrogen) atoms. The second kappa shape index (κ2) is 3.29. The molecule has 2 saturated heterocycles. The molecule has 0 saturated carbocycles. The lowest BCUT2D eigenvalue weighted by Gasteiger charge is -2.13. The summed E-state index contributed by atoms with van der Waals surface area (Å²) in [6.07, 6.45) is 5.10. The Morgan fingerprint density at radius 3 is 2.67 bits per heavy atom. The van der Waals surface area contributed by atoms with Gasteiger partial charge in [-0.25, -0.2) is 0 Å². The van der Waals surface area contributed by atoms with Crippen LogP contribution in [0, 0.1) is 12.3 Å². The molecule has 0 spiro atoms. The largest absolute Gasteiger partial charge is 0.505 e. The topological polar surface area (TPSA) is 30.9 Å². The minimum Gasteiger partial charge on any atom is -0.161 e. The molecule has 0 N–H and O–H groups in total. The maximum Gasteiger partial charge on any atom is 0.505 e. The highest BCUT2D eigenvalue weighted by molar-refractivity contribution is 7.59. The van der Waals surface area contributed by atoms with E-state index in [-0.39, 0.29) is 6.61 Å². The Morgan fingerprint density at radius 1 is 1.42 bits per heavy atom. The molecule has 66 valence electrons. The minimum absolute atomic E-state index is 0.268. The third-order valence-corrected chi connectivity index (χ3v) is 4.43. The Bertz CT molecular complexity index is 205. The fraction of sp³-hybridized carbons (Fsp3) is 0.714. The van der Waals surface area contributed by atoms with Gasteiger partial charge in [0.15, 0.2) is 6.61 Å². The van der Waals surface area contributed by atoms with Crippen LogP contribution in [0.3, 0.4) is 0 Å². The fourth-order valence-corrected chi connectivity index (χ4v) is 3.58. The zero-order chi connectivity index (χ0) is 8.44. The van der Waals surface area contributed by atoms with E-state index in [1.54, 1.807) is 0 Å².